The molecule has 1 amide bonds. The first-order valence-corrected chi connectivity index (χ1v) is 9.32. The average Bonchev–Trinajstić information content (AvgIpc) is 2.73. The fourth-order valence-electron chi connectivity index (χ4n) is 2.78. The number of rotatable bonds is 6. The van der Waals surface area contributed by atoms with Gasteiger partial charge in [-0.3, -0.25) is 4.79 Å². The van der Waals surface area contributed by atoms with Crippen LogP contribution in [-0.2, 0) is 9.53 Å². The maximum Gasteiger partial charge on any atom is 0.339 e. The first-order chi connectivity index (χ1) is 14.0. The third kappa shape index (κ3) is 5.15. The van der Waals surface area contributed by atoms with Crippen molar-refractivity contribution in [1.29, 1.82) is 0 Å². The molecule has 3 aromatic rings. The Hall–Kier alpha value is -3.31. The fraction of sp³-hybridized carbons (Fsp3) is 0.130. The molecule has 5 nitrogen and oxygen atoms in total. The topological polar surface area (TPSA) is 64.6 Å². The van der Waals surface area contributed by atoms with Gasteiger partial charge < -0.3 is 14.8 Å². The molecule has 148 valence electrons. The Bertz CT molecular complexity index is 1000. The number of aryl methyl sites for hydroxylation is 1. The van der Waals surface area contributed by atoms with Crippen molar-refractivity contribution in [3.8, 4) is 5.75 Å². The molecule has 1 N–H and O–H groups in total. The monoisotopic (exact) mass is 409 g/mol. The fourth-order valence-corrected chi connectivity index (χ4v) is 2.91. The van der Waals surface area contributed by atoms with E-state index in [9.17, 15) is 9.59 Å². The number of hydrogen-bond donors (Lipinski definition) is 1. The Morgan fingerprint density at radius 2 is 1.66 bits per heavy atom. The zero-order valence-electron chi connectivity index (χ0n) is 16.0. The number of benzene rings is 3. The van der Waals surface area contributed by atoms with Crippen LogP contribution in [0.4, 0.5) is 5.69 Å². The van der Waals surface area contributed by atoms with Gasteiger partial charge in [-0.2, -0.15) is 0 Å². The second kappa shape index (κ2) is 9.26. The van der Waals surface area contributed by atoms with Crippen LogP contribution in [0.5, 0.6) is 5.75 Å². The summed E-state index contributed by atoms with van der Waals surface area (Å²) in [6.45, 7) is 1.91. The second-order valence-electron chi connectivity index (χ2n) is 6.40. The maximum atomic E-state index is 13.0. The van der Waals surface area contributed by atoms with E-state index in [1.54, 1.807) is 60.7 Å². The van der Waals surface area contributed by atoms with Gasteiger partial charge in [-0.25, -0.2) is 4.79 Å². The molecule has 0 spiro atoms. The predicted molar refractivity (Wildman–Crippen MR) is 112 cm³/mol. The molecular formula is C23H20ClNO4. The summed E-state index contributed by atoms with van der Waals surface area (Å²) < 4.78 is 10.9. The van der Waals surface area contributed by atoms with E-state index in [1.165, 1.54) is 7.11 Å². The van der Waals surface area contributed by atoms with Crippen molar-refractivity contribution in [2.24, 2.45) is 0 Å². The van der Waals surface area contributed by atoms with Gasteiger partial charge in [0.25, 0.3) is 5.91 Å². The highest BCUT2D eigenvalue weighted by Gasteiger charge is 2.26. The molecule has 0 heterocycles. The Balaban J connectivity index is 1.88. The first kappa shape index (κ1) is 20.4. The molecule has 1 atom stereocenters. The van der Waals surface area contributed by atoms with Crippen LogP contribution in [0.2, 0.25) is 5.02 Å². The molecule has 1 unspecified atom stereocenters. The number of ether oxygens (including phenoxy) is 2. The van der Waals surface area contributed by atoms with E-state index in [0.29, 0.717) is 27.6 Å². The smallest absolute Gasteiger partial charge is 0.339 e. The predicted octanol–water partition coefficient (Wildman–Crippen LogP) is 5.19. The minimum Gasteiger partial charge on any atom is -0.495 e. The Morgan fingerprint density at radius 1 is 0.966 bits per heavy atom. The van der Waals surface area contributed by atoms with Crippen LogP contribution in [0, 0.1) is 6.92 Å². The van der Waals surface area contributed by atoms with Gasteiger partial charge in [-0.05, 0) is 48.9 Å². The molecule has 0 aromatic heterocycles. The molecule has 6 heteroatoms. The normalized spacial score (nSPS) is 11.4. The van der Waals surface area contributed by atoms with Crippen LogP contribution in [0.15, 0.2) is 72.8 Å². The molecule has 0 aliphatic carbocycles. The highest BCUT2D eigenvalue weighted by atomic mass is 35.5. The van der Waals surface area contributed by atoms with Crippen LogP contribution < -0.4 is 10.1 Å². The molecule has 0 saturated heterocycles. The van der Waals surface area contributed by atoms with Gasteiger partial charge in [0, 0.05) is 10.6 Å². The largest absolute Gasteiger partial charge is 0.495 e. The molecule has 3 aromatic carbocycles. The molecule has 0 aliphatic rings. The average molecular weight is 410 g/mol. The second-order valence-corrected chi connectivity index (χ2v) is 6.83. The van der Waals surface area contributed by atoms with Crippen molar-refractivity contribution < 1.29 is 19.1 Å². The zero-order valence-corrected chi connectivity index (χ0v) is 16.8. The Kier molecular flexibility index (Phi) is 6.52. The number of nitrogens with one attached hydrogen (secondary N) is 1. The Labute approximate surface area is 174 Å². The van der Waals surface area contributed by atoms with E-state index in [4.69, 9.17) is 21.1 Å². The lowest BCUT2D eigenvalue weighted by molar-refractivity contribution is -0.125. The quantitative estimate of drug-likeness (QED) is 0.569. The Morgan fingerprint density at radius 3 is 2.31 bits per heavy atom. The molecule has 0 radical (unpaired) electrons. The standard InChI is InChI=1S/C23H20ClNO4/c1-15-8-13-20(28-2)19(14-15)25-22(26)21(16-6-4-3-5-7-16)29-23(27)17-9-11-18(24)12-10-17/h3-14,21H,1-2H3,(H,25,26). The number of amides is 1. The zero-order chi connectivity index (χ0) is 20.8. The van der Waals surface area contributed by atoms with E-state index in [0.717, 1.165) is 5.56 Å². The first-order valence-electron chi connectivity index (χ1n) is 8.95. The summed E-state index contributed by atoms with van der Waals surface area (Å²) in [6.07, 6.45) is -1.13. The summed E-state index contributed by atoms with van der Waals surface area (Å²) in [7, 11) is 1.52. The summed E-state index contributed by atoms with van der Waals surface area (Å²) in [5.41, 5.74) is 2.31. The van der Waals surface area contributed by atoms with Crippen LogP contribution in [0.3, 0.4) is 0 Å². The molecule has 0 aliphatic heterocycles. The molecule has 3 rings (SSSR count). The van der Waals surface area contributed by atoms with Crippen molar-refractivity contribution in [2.75, 3.05) is 12.4 Å². The number of hydrogen-bond acceptors (Lipinski definition) is 4. The van der Waals surface area contributed by atoms with Gasteiger partial charge in [-0.15, -0.1) is 0 Å². The van der Waals surface area contributed by atoms with Crippen LogP contribution in [0.1, 0.15) is 27.6 Å². The van der Waals surface area contributed by atoms with Gasteiger partial charge >= 0.3 is 5.97 Å². The van der Waals surface area contributed by atoms with E-state index in [2.05, 4.69) is 5.32 Å². The minimum absolute atomic E-state index is 0.302. The van der Waals surface area contributed by atoms with Crippen LogP contribution in [0.25, 0.3) is 0 Å². The summed E-state index contributed by atoms with van der Waals surface area (Å²) in [6, 6.07) is 20.6. The van der Waals surface area contributed by atoms with Crippen LogP contribution >= 0.6 is 11.6 Å². The van der Waals surface area contributed by atoms with Crippen molar-refractivity contribution in [2.45, 2.75) is 13.0 Å². The SMILES string of the molecule is COc1ccc(C)cc1NC(=O)C(OC(=O)c1ccc(Cl)cc1)c1ccccc1. The van der Waals surface area contributed by atoms with Crippen molar-refractivity contribution in [3.05, 3.63) is 94.5 Å². The summed E-state index contributed by atoms with van der Waals surface area (Å²) in [4.78, 5) is 25.7. The van der Waals surface area contributed by atoms with Gasteiger partial charge in [0.15, 0.2) is 0 Å². The van der Waals surface area contributed by atoms with E-state index in [1.807, 2.05) is 19.1 Å². The number of carbonyl (C=O) groups excluding carboxylic acids is 2. The lowest BCUT2D eigenvalue weighted by Crippen LogP contribution is -2.26. The number of halogens is 1. The van der Waals surface area contributed by atoms with Crippen molar-refractivity contribution in [3.63, 3.8) is 0 Å². The lowest BCUT2D eigenvalue weighted by atomic mass is 10.1. The van der Waals surface area contributed by atoms with E-state index in [-0.39, 0.29) is 0 Å². The minimum atomic E-state index is -1.13. The molecular weight excluding hydrogens is 390 g/mol. The highest BCUT2D eigenvalue weighted by Crippen LogP contribution is 2.28. The lowest BCUT2D eigenvalue weighted by Gasteiger charge is -2.19. The van der Waals surface area contributed by atoms with E-state index >= 15 is 0 Å². The number of methoxy groups -OCH3 is 1. The van der Waals surface area contributed by atoms with Gasteiger partial charge in [0.05, 0.1) is 18.4 Å². The van der Waals surface area contributed by atoms with Crippen molar-refractivity contribution in [1.82, 2.24) is 0 Å². The van der Waals surface area contributed by atoms with Crippen molar-refractivity contribution >= 4 is 29.2 Å². The molecule has 29 heavy (non-hydrogen) atoms. The highest BCUT2D eigenvalue weighted by molar-refractivity contribution is 6.30. The number of anilines is 1. The maximum absolute atomic E-state index is 13.0. The summed E-state index contributed by atoms with van der Waals surface area (Å²) in [5.74, 6) is -0.593. The molecule has 0 bridgehead atoms. The van der Waals surface area contributed by atoms with E-state index < -0.39 is 18.0 Å². The van der Waals surface area contributed by atoms with Gasteiger partial charge in [-0.1, -0.05) is 48.0 Å². The third-order valence-corrected chi connectivity index (χ3v) is 4.51. The van der Waals surface area contributed by atoms with Gasteiger partial charge in [0.2, 0.25) is 6.10 Å². The molecule has 0 saturated carbocycles. The molecule has 0 fully saturated rings. The number of esters is 1. The van der Waals surface area contributed by atoms with Crippen LogP contribution in [-0.4, -0.2) is 19.0 Å². The summed E-state index contributed by atoms with van der Waals surface area (Å²) in [5, 5.41) is 3.31. The summed E-state index contributed by atoms with van der Waals surface area (Å²) >= 11 is 5.87. The number of carbonyl (C=O) groups is 2. The van der Waals surface area contributed by atoms with Gasteiger partial charge in [0.1, 0.15) is 5.75 Å². The third-order valence-electron chi connectivity index (χ3n) is 4.26.